The zero-order valence-electron chi connectivity index (χ0n) is 14.2. The molecule has 0 radical (unpaired) electrons. The van der Waals surface area contributed by atoms with Crippen LogP contribution in [0.1, 0.15) is 54.9 Å². The molecule has 2 nitrogen and oxygen atoms in total. The lowest BCUT2D eigenvalue weighted by atomic mass is 10.1. The average Bonchev–Trinajstić information content (AvgIpc) is 2.50. The Morgan fingerprint density at radius 3 is 2.05 bits per heavy atom. The summed E-state index contributed by atoms with van der Waals surface area (Å²) in [6.45, 7) is 15.5. The van der Waals surface area contributed by atoms with Crippen LogP contribution in [-0.2, 0) is 8.85 Å². The molecule has 0 saturated heterocycles. The van der Waals surface area contributed by atoms with Crippen LogP contribution in [0.25, 0.3) is 0 Å². The van der Waals surface area contributed by atoms with Gasteiger partial charge < -0.3 is 8.85 Å². The molecule has 3 heteroatoms. The molecule has 0 aliphatic carbocycles. The molecule has 0 unspecified atom stereocenters. The second-order valence-electron chi connectivity index (χ2n) is 6.81. The Labute approximate surface area is 126 Å². The monoisotopic (exact) mass is 296 g/mol. The zero-order chi connectivity index (χ0) is 15.3. The minimum absolute atomic E-state index is 0.0635. The standard InChI is InChI=1S/C17H32O2Si/c1-8-9-16-10-11-17(12-13(2)3)19-20(18-16,14(4)5)15(6)7/h8-11,13-17H,12H2,1-7H3/b9-8+/t16-,17+/m0/s1. The van der Waals surface area contributed by atoms with Crippen molar-refractivity contribution in [2.24, 2.45) is 5.92 Å². The van der Waals surface area contributed by atoms with Gasteiger partial charge in [-0.1, -0.05) is 65.8 Å². The van der Waals surface area contributed by atoms with Gasteiger partial charge in [0.1, 0.15) is 0 Å². The van der Waals surface area contributed by atoms with E-state index in [0.29, 0.717) is 17.0 Å². The van der Waals surface area contributed by atoms with Gasteiger partial charge in [-0.15, -0.1) is 0 Å². The molecule has 1 heterocycles. The number of rotatable bonds is 5. The van der Waals surface area contributed by atoms with Crippen LogP contribution in [0.3, 0.4) is 0 Å². The molecule has 0 aromatic rings. The summed E-state index contributed by atoms with van der Waals surface area (Å²) in [5.41, 5.74) is 0.898. The largest absolute Gasteiger partial charge is 0.387 e. The summed E-state index contributed by atoms with van der Waals surface area (Å²) < 4.78 is 13.1. The van der Waals surface area contributed by atoms with Gasteiger partial charge in [-0.3, -0.25) is 0 Å². The van der Waals surface area contributed by atoms with Crippen LogP contribution < -0.4 is 0 Å². The molecule has 1 rings (SSSR count). The lowest BCUT2D eigenvalue weighted by Crippen LogP contribution is -2.51. The minimum Gasteiger partial charge on any atom is -0.387 e. The van der Waals surface area contributed by atoms with E-state index < -0.39 is 8.56 Å². The van der Waals surface area contributed by atoms with Crippen molar-refractivity contribution in [2.45, 2.75) is 78.2 Å². The lowest BCUT2D eigenvalue weighted by molar-refractivity contribution is 0.115. The fourth-order valence-electron chi connectivity index (χ4n) is 2.88. The van der Waals surface area contributed by atoms with E-state index in [1.807, 2.05) is 6.92 Å². The van der Waals surface area contributed by atoms with E-state index in [4.69, 9.17) is 8.85 Å². The predicted molar refractivity (Wildman–Crippen MR) is 89.1 cm³/mol. The third-order valence-corrected chi connectivity index (χ3v) is 8.40. The fourth-order valence-corrected chi connectivity index (χ4v) is 6.59. The molecule has 1 aliphatic heterocycles. The highest BCUT2D eigenvalue weighted by molar-refractivity contribution is 6.70. The topological polar surface area (TPSA) is 18.5 Å². The molecule has 0 spiro atoms. The Morgan fingerprint density at radius 2 is 1.60 bits per heavy atom. The normalized spacial score (nSPS) is 26.9. The van der Waals surface area contributed by atoms with Crippen molar-refractivity contribution in [1.82, 2.24) is 0 Å². The van der Waals surface area contributed by atoms with Crippen molar-refractivity contribution in [3.8, 4) is 0 Å². The first-order valence-corrected chi connectivity index (χ1v) is 9.95. The quantitative estimate of drug-likeness (QED) is 0.512. The Morgan fingerprint density at radius 1 is 1.00 bits per heavy atom. The molecule has 0 amide bonds. The summed E-state index contributed by atoms with van der Waals surface area (Å²) in [4.78, 5) is 0. The van der Waals surface area contributed by atoms with Crippen LogP contribution in [-0.4, -0.2) is 20.8 Å². The van der Waals surface area contributed by atoms with Gasteiger partial charge >= 0.3 is 8.56 Å². The highest BCUT2D eigenvalue weighted by Crippen LogP contribution is 2.39. The lowest BCUT2D eigenvalue weighted by Gasteiger charge is -2.40. The Balaban J connectivity index is 3.08. The van der Waals surface area contributed by atoms with E-state index in [1.54, 1.807) is 0 Å². The van der Waals surface area contributed by atoms with E-state index in [1.165, 1.54) is 0 Å². The molecule has 0 aromatic heterocycles. The van der Waals surface area contributed by atoms with Crippen LogP contribution in [0, 0.1) is 5.92 Å². The van der Waals surface area contributed by atoms with Crippen molar-refractivity contribution < 1.29 is 8.85 Å². The van der Waals surface area contributed by atoms with Gasteiger partial charge in [-0.2, -0.15) is 0 Å². The van der Waals surface area contributed by atoms with Gasteiger partial charge in [0.15, 0.2) is 0 Å². The van der Waals surface area contributed by atoms with E-state index in [-0.39, 0.29) is 12.2 Å². The predicted octanol–water partition coefficient (Wildman–Crippen LogP) is 5.21. The molecular formula is C17H32O2Si. The van der Waals surface area contributed by atoms with E-state index in [9.17, 15) is 0 Å². The highest BCUT2D eigenvalue weighted by atomic mass is 28.4. The van der Waals surface area contributed by atoms with Crippen LogP contribution in [0.4, 0.5) is 0 Å². The number of hydrogen-bond acceptors (Lipinski definition) is 2. The number of allylic oxidation sites excluding steroid dienone is 1. The summed E-state index contributed by atoms with van der Waals surface area (Å²) >= 11 is 0. The van der Waals surface area contributed by atoms with Crippen LogP contribution in [0.15, 0.2) is 24.3 Å². The molecule has 0 N–H and O–H groups in total. The summed E-state index contributed by atoms with van der Waals surface area (Å²) in [6.07, 6.45) is 9.91. The molecule has 2 atom stereocenters. The van der Waals surface area contributed by atoms with Crippen LogP contribution in [0.5, 0.6) is 0 Å². The second kappa shape index (κ2) is 7.58. The maximum absolute atomic E-state index is 6.61. The Bertz CT molecular complexity index is 337. The molecular weight excluding hydrogens is 264 g/mol. The summed E-state index contributed by atoms with van der Waals surface area (Å²) in [5.74, 6) is 0.633. The SMILES string of the molecule is C/C=C/[C@H]1C=C[C@H](CC(C)C)O[Si](C(C)C)(C(C)C)O1. The minimum atomic E-state index is -2.23. The first-order valence-electron chi connectivity index (χ1n) is 7.98. The molecule has 0 aromatic carbocycles. The second-order valence-corrected chi connectivity index (χ2v) is 11.0. The maximum atomic E-state index is 6.61. The third kappa shape index (κ3) is 4.30. The van der Waals surface area contributed by atoms with Gasteiger partial charge in [0.25, 0.3) is 0 Å². The molecule has 0 fully saturated rings. The first-order chi connectivity index (χ1) is 9.31. The Kier molecular flexibility index (Phi) is 6.69. The van der Waals surface area contributed by atoms with Crippen molar-refractivity contribution in [3.05, 3.63) is 24.3 Å². The number of hydrogen-bond donors (Lipinski definition) is 0. The summed E-state index contributed by atoms with van der Waals surface area (Å²) in [7, 11) is -2.23. The van der Waals surface area contributed by atoms with E-state index in [2.05, 4.69) is 65.8 Å². The molecule has 0 bridgehead atoms. The molecule has 1 aliphatic rings. The average molecular weight is 297 g/mol. The van der Waals surface area contributed by atoms with Crippen molar-refractivity contribution >= 4 is 8.56 Å². The van der Waals surface area contributed by atoms with Crippen molar-refractivity contribution in [3.63, 3.8) is 0 Å². The highest BCUT2D eigenvalue weighted by Gasteiger charge is 2.48. The van der Waals surface area contributed by atoms with Gasteiger partial charge in [-0.25, -0.2) is 0 Å². The molecule has 116 valence electrons. The van der Waals surface area contributed by atoms with Crippen molar-refractivity contribution in [2.75, 3.05) is 0 Å². The Hall–Kier alpha value is -0.383. The van der Waals surface area contributed by atoms with Gasteiger partial charge in [-0.05, 0) is 30.3 Å². The third-order valence-electron chi connectivity index (χ3n) is 3.87. The molecule has 0 saturated carbocycles. The summed E-state index contributed by atoms with van der Waals surface area (Å²) in [5, 5.41) is 0. The summed E-state index contributed by atoms with van der Waals surface area (Å²) in [6, 6.07) is 0. The van der Waals surface area contributed by atoms with Crippen LogP contribution >= 0.6 is 0 Å². The van der Waals surface area contributed by atoms with E-state index >= 15 is 0 Å². The molecule has 20 heavy (non-hydrogen) atoms. The van der Waals surface area contributed by atoms with Crippen molar-refractivity contribution in [1.29, 1.82) is 0 Å². The fraction of sp³-hybridized carbons (Fsp3) is 0.765. The van der Waals surface area contributed by atoms with Crippen LogP contribution in [0.2, 0.25) is 11.1 Å². The first kappa shape index (κ1) is 17.7. The zero-order valence-corrected chi connectivity index (χ0v) is 15.2. The maximum Gasteiger partial charge on any atom is 0.344 e. The smallest absolute Gasteiger partial charge is 0.344 e. The van der Waals surface area contributed by atoms with Gasteiger partial charge in [0.05, 0.1) is 12.2 Å². The van der Waals surface area contributed by atoms with E-state index in [0.717, 1.165) is 6.42 Å². The van der Waals surface area contributed by atoms with Gasteiger partial charge in [0.2, 0.25) is 0 Å². The van der Waals surface area contributed by atoms with Gasteiger partial charge in [0, 0.05) is 0 Å².